The number of rotatable bonds is 14. The van der Waals surface area contributed by atoms with Gasteiger partial charge in [-0.05, 0) is 14.4 Å². The van der Waals surface area contributed by atoms with Crippen LogP contribution in [-0.4, -0.2) is 66.1 Å². The zero-order chi connectivity index (χ0) is 29.6. The number of aliphatic hydroxyl groups is 1. The van der Waals surface area contributed by atoms with Crippen molar-refractivity contribution in [2.24, 2.45) is 0 Å². The van der Waals surface area contributed by atoms with Gasteiger partial charge < -0.3 is 51.7 Å². The quantitative estimate of drug-likeness (QED) is 0.190. The maximum Gasteiger partial charge on any atom is 0.267 e. The van der Waals surface area contributed by atoms with Crippen LogP contribution in [0.5, 0.6) is 0 Å². The molecule has 0 aliphatic heterocycles. The predicted molar refractivity (Wildman–Crippen MR) is 127 cm³/mol. The molecular formula is C10H28O17P7SY-3. The van der Waals surface area contributed by atoms with E-state index in [1.165, 1.54) is 7.11 Å². The summed E-state index contributed by atoms with van der Waals surface area (Å²) in [6, 6.07) is 0. The summed E-state index contributed by atoms with van der Waals surface area (Å²) in [6.45, 7) is -0.789. The van der Waals surface area contributed by atoms with Crippen molar-refractivity contribution < 1.29 is 112 Å². The zero-order valence-electron chi connectivity index (χ0n) is 19.4. The molecule has 0 amide bonds. The fourth-order valence-corrected chi connectivity index (χ4v) is 2.32. The van der Waals surface area contributed by atoms with Crippen LogP contribution in [0.3, 0.4) is 0 Å². The van der Waals surface area contributed by atoms with Gasteiger partial charge in [0.15, 0.2) is 0 Å². The third-order valence-corrected chi connectivity index (χ3v) is 5.03. The SMILES string of the molecule is COCCCOP(=O)([O-])OC.COP(=O)([O-])OCC(O)COP(=O)([O-])OC.O=P.O=P.O=P.P=S.[Y]. The molecule has 0 aliphatic carbocycles. The molecule has 26 heteroatoms. The minimum absolute atomic E-state index is 0. The summed E-state index contributed by atoms with van der Waals surface area (Å²) in [7, 11) is -0.823. The third kappa shape index (κ3) is 49.2. The van der Waals surface area contributed by atoms with Gasteiger partial charge in [0.25, 0.3) is 23.5 Å². The van der Waals surface area contributed by atoms with Crippen molar-refractivity contribution in [1.82, 2.24) is 0 Å². The van der Waals surface area contributed by atoms with E-state index in [0.29, 0.717) is 13.0 Å². The van der Waals surface area contributed by atoms with Gasteiger partial charge in [-0.15, -0.1) is 0 Å². The van der Waals surface area contributed by atoms with Gasteiger partial charge in [-0.3, -0.25) is 27.4 Å². The van der Waals surface area contributed by atoms with Crippen LogP contribution < -0.4 is 14.7 Å². The van der Waals surface area contributed by atoms with Crippen molar-refractivity contribution in [3.05, 3.63) is 0 Å². The summed E-state index contributed by atoms with van der Waals surface area (Å²) in [5.41, 5.74) is 0. The van der Waals surface area contributed by atoms with E-state index < -0.39 is 42.8 Å². The van der Waals surface area contributed by atoms with E-state index in [9.17, 15) is 28.4 Å². The minimum atomic E-state index is -4.44. The number of ether oxygens (including phenoxy) is 1. The molecule has 0 aliphatic rings. The normalized spacial score (nSPS) is 14.8. The summed E-state index contributed by atoms with van der Waals surface area (Å²) >= 11 is 3.89. The van der Waals surface area contributed by atoms with Gasteiger partial charge in [-0.2, -0.15) is 0 Å². The minimum Gasteiger partial charge on any atom is -0.756 e. The number of methoxy groups -OCH3 is 1. The van der Waals surface area contributed by atoms with E-state index in [2.05, 4.69) is 51.7 Å². The van der Waals surface area contributed by atoms with Gasteiger partial charge in [-0.1, -0.05) is 11.8 Å². The molecule has 36 heavy (non-hydrogen) atoms. The molecule has 0 rings (SSSR count). The molecule has 0 fully saturated rings. The molecule has 0 bridgehead atoms. The Morgan fingerprint density at radius 3 is 1.22 bits per heavy atom. The van der Waals surface area contributed by atoms with E-state index in [0.717, 1.165) is 21.3 Å². The Morgan fingerprint density at radius 1 is 0.694 bits per heavy atom. The van der Waals surface area contributed by atoms with E-state index in [1.807, 2.05) is 0 Å². The maximum atomic E-state index is 10.7. The Kier molecular flexibility index (Phi) is 59.3. The van der Waals surface area contributed by atoms with Crippen molar-refractivity contribution in [2.45, 2.75) is 12.5 Å². The Balaban J connectivity index is -0.0000000735. The van der Waals surface area contributed by atoms with Gasteiger partial charge in [-0.25, -0.2) is 0 Å². The van der Waals surface area contributed by atoms with Crippen molar-refractivity contribution in [3.8, 4) is 0 Å². The van der Waals surface area contributed by atoms with Crippen LogP contribution >= 0.6 is 58.8 Å². The monoisotopic (exact) mass is 758 g/mol. The Labute approximate surface area is 248 Å². The number of hydrogen-bond acceptors (Lipinski definition) is 18. The number of phosphoric acid groups is 3. The predicted octanol–water partition coefficient (Wildman–Crippen LogP) is 0.777. The molecule has 1 radical (unpaired) electrons. The van der Waals surface area contributed by atoms with Crippen LogP contribution in [0, 0.1) is 0 Å². The topological polar surface area (TPSA) is 256 Å². The molecule has 0 aromatic rings. The summed E-state index contributed by atoms with van der Waals surface area (Å²) in [5, 5.41) is 9.09. The first kappa shape index (κ1) is 54.3. The Morgan fingerprint density at radius 2 is 0.972 bits per heavy atom. The molecular weight excluding hydrogens is 730 g/mol. The van der Waals surface area contributed by atoms with Gasteiger partial charge >= 0.3 is 0 Å². The van der Waals surface area contributed by atoms with Gasteiger partial charge in [0.05, 0.1) is 19.8 Å². The van der Waals surface area contributed by atoms with Crippen LogP contribution in [0.15, 0.2) is 0 Å². The number of aliphatic hydroxyl groups excluding tert-OH is 1. The van der Waals surface area contributed by atoms with Crippen LogP contribution in [-0.2, 0) is 104 Å². The average Bonchev–Trinajstić information content (AvgIpc) is 2.89. The zero-order valence-corrected chi connectivity index (χ0v) is 29.8. The molecule has 0 saturated heterocycles. The van der Waals surface area contributed by atoms with E-state index in [4.69, 9.17) is 18.8 Å². The smallest absolute Gasteiger partial charge is 0.267 e. The number of phosphoric ester groups is 3. The van der Waals surface area contributed by atoms with E-state index >= 15 is 0 Å². The summed E-state index contributed by atoms with van der Waals surface area (Å²) < 4.78 is 85.3. The fourth-order valence-electron chi connectivity index (χ4n) is 0.940. The molecule has 0 heterocycles. The van der Waals surface area contributed by atoms with Crippen molar-refractivity contribution in [2.75, 3.05) is 54.9 Å². The molecule has 0 saturated carbocycles. The summed E-state index contributed by atoms with van der Waals surface area (Å²) in [4.78, 5) is 31.8. The summed E-state index contributed by atoms with van der Waals surface area (Å²) in [5.74, 6) is 0. The van der Waals surface area contributed by atoms with Crippen molar-refractivity contribution in [1.29, 1.82) is 0 Å². The van der Waals surface area contributed by atoms with Gasteiger partial charge in [0, 0.05) is 67.8 Å². The molecule has 0 spiro atoms. The van der Waals surface area contributed by atoms with Gasteiger partial charge in [0.2, 0.25) is 0 Å². The second kappa shape index (κ2) is 39.3. The van der Waals surface area contributed by atoms with Crippen molar-refractivity contribution >= 4 is 70.6 Å². The molecule has 0 aromatic carbocycles. The second-order valence-corrected chi connectivity index (χ2v) is 8.87. The number of hydrogen-bond donors (Lipinski definition) is 1. The molecule has 0 aromatic heterocycles. The largest absolute Gasteiger partial charge is 0.756 e. The van der Waals surface area contributed by atoms with Gasteiger partial charge in [0.1, 0.15) is 33.5 Å². The van der Waals surface area contributed by atoms with E-state index in [-0.39, 0.29) is 39.3 Å². The first-order chi connectivity index (χ1) is 16.3. The molecule has 3 atom stereocenters. The molecule has 217 valence electrons. The summed E-state index contributed by atoms with van der Waals surface area (Å²) in [6.07, 6.45) is -0.915. The Bertz CT molecular complexity index is 560. The van der Waals surface area contributed by atoms with Crippen LogP contribution in [0.2, 0.25) is 0 Å². The van der Waals surface area contributed by atoms with Crippen LogP contribution in [0.1, 0.15) is 6.42 Å². The molecule has 1 N–H and O–H groups in total. The van der Waals surface area contributed by atoms with Crippen LogP contribution in [0.25, 0.3) is 0 Å². The molecule has 3 unspecified atom stereocenters. The average molecular weight is 758 g/mol. The van der Waals surface area contributed by atoms with Crippen LogP contribution in [0.4, 0.5) is 0 Å². The van der Waals surface area contributed by atoms with E-state index in [1.54, 1.807) is 27.4 Å². The fraction of sp³-hybridized carbons (Fsp3) is 1.00. The molecule has 17 nitrogen and oxygen atoms in total. The standard InChI is InChI=1S/C5H14O9P2.C5H13O5P.3HOP.HPS.Y/c1-11-15(7,8)13-3-5(6)4-14-16(9,10)12-2;1-8-4-3-5-10-11(6,7)9-2;4*1-2;/h5-6H,3-4H2,1-2H3,(H,7,8)(H,9,10);3-5H2,1-2H3,(H,6,7);3*2H;1H;/p-3. The third-order valence-electron chi connectivity index (χ3n) is 2.26. The first-order valence-corrected chi connectivity index (χ1v) is 15.1. The maximum absolute atomic E-state index is 10.7. The Hall–Kier alpha value is 2.17. The second-order valence-electron chi connectivity index (χ2n) is 4.31. The van der Waals surface area contributed by atoms with Crippen molar-refractivity contribution in [3.63, 3.8) is 0 Å². The first-order valence-electron chi connectivity index (χ1n) is 7.87.